The molecule has 0 unspecified atom stereocenters. The van der Waals surface area contributed by atoms with Crippen LogP contribution in [0.3, 0.4) is 0 Å². The molecule has 0 atom stereocenters. The van der Waals surface area contributed by atoms with Gasteiger partial charge in [-0.2, -0.15) is 0 Å². The molecule has 0 rings (SSSR count). The number of nitrogens with zero attached hydrogens (tertiary/aromatic N) is 1. The fourth-order valence-corrected chi connectivity index (χ4v) is 0. The Morgan fingerprint density at radius 1 is 1.25 bits per heavy atom. The maximum atomic E-state index is 4.25. The first-order valence-electron chi connectivity index (χ1n) is 0.516. The first kappa shape index (κ1) is 8.82. The van der Waals surface area contributed by atoms with Crippen molar-refractivity contribution < 1.29 is 18.9 Å². The minimum absolute atomic E-state index is 0. The molecule has 0 aliphatic rings. The van der Waals surface area contributed by atoms with E-state index in [4.69, 9.17) is 0 Å². The van der Waals surface area contributed by atoms with Crippen LogP contribution in [0.15, 0.2) is 0 Å². The van der Waals surface area contributed by atoms with E-state index >= 15 is 0 Å². The topological polar surface area (TPSA) is 66.1 Å². The Morgan fingerprint density at radius 3 is 1.25 bits per heavy atom. The summed E-state index contributed by atoms with van der Waals surface area (Å²) in [6.07, 6.45) is 0. The third kappa shape index (κ3) is 23.7. The molecule has 0 aliphatic carbocycles. The molecule has 0 amide bonds. The zero-order chi connectivity index (χ0) is 2.71. The van der Waals surface area contributed by atoms with Crippen LogP contribution in [0.1, 0.15) is 0 Å². The molecule has 0 bridgehead atoms. The van der Waals surface area contributed by atoms with E-state index in [1.54, 1.807) is 0 Å². The van der Waals surface area contributed by atoms with Gasteiger partial charge in [0.1, 0.15) is 0 Å². The predicted octanol–water partition coefficient (Wildman–Crippen LogP) is -3.89. The fraction of sp³-hybridized carbons (Fsp3) is 0. The average molecular weight is 53.0 g/mol. The molecule has 0 saturated carbocycles. The molecule has 0 aliphatic heterocycles. The Labute approximate surface area is 36.8 Å². The Hall–Kier alpha value is 0.477. The van der Waals surface area contributed by atoms with Gasteiger partial charge in [-0.3, -0.25) is 0 Å². The van der Waals surface area contributed by atoms with Gasteiger partial charge in [0, 0.05) is 0 Å². The van der Waals surface area contributed by atoms with Gasteiger partial charge in [-0.05, 0) is 0 Å². The van der Waals surface area contributed by atoms with E-state index < -0.39 is 0 Å². The van der Waals surface area contributed by atoms with Crippen molar-refractivity contribution in [3.63, 3.8) is 0 Å². The number of hydrogen-bond acceptors (Lipinski definition) is 2. The van der Waals surface area contributed by atoms with Crippen LogP contribution < -0.4 is 30.5 Å². The summed E-state index contributed by atoms with van der Waals surface area (Å²) >= 11 is 0. The van der Waals surface area contributed by atoms with E-state index in [1.165, 1.54) is 0 Å². The van der Waals surface area contributed by atoms with Gasteiger partial charge in [0.2, 0.25) is 0 Å². The molecule has 0 spiro atoms. The molecule has 0 aromatic heterocycles. The van der Waals surface area contributed by atoms with Crippen LogP contribution in [-0.2, 0) is 0 Å². The summed E-state index contributed by atoms with van der Waals surface area (Å²) in [4.78, 5) is 0. The van der Waals surface area contributed by atoms with Crippen molar-refractivity contribution >= 4 is 0 Å². The molecule has 0 aromatic carbocycles. The third-order valence-electron chi connectivity index (χ3n) is 0. The largest absolute Gasteiger partial charge is 1.00 e. The molecule has 0 fully saturated rings. The minimum Gasteiger partial charge on any atom is -0.538 e. The molecular weight excluding hydrogens is 49.0 g/mol. The van der Waals surface area contributed by atoms with Gasteiger partial charge in [0.05, 0.1) is 0 Å². The van der Waals surface area contributed by atoms with E-state index in [1.807, 2.05) is 0 Å². The fourth-order valence-electron chi connectivity index (χ4n) is 0. The van der Waals surface area contributed by atoms with Crippen LogP contribution in [0.5, 0.6) is 0 Å². The SMILES string of the molecule is N[N-]N.[Li+]. The third-order valence-corrected chi connectivity index (χ3v) is 0. The molecule has 0 radical (unpaired) electrons. The van der Waals surface area contributed by atoms with Crippen molar-refractivity contribution in [2.24, 2.45) is 11.7 Å². The maximum absolute atomic E-state index is 4.25. The predicted molar refractivity (Wildman–Crippen MR) is 11.7 cm³/mol. The van der Waals surface area contributed by atoms with Crippen molar-refractivity contribution in [3.8, 4) is 0 Å². The standard InChI is InChI=1S/Li.H4N3/c;1-3-2/h;1-2H2/q+1;-1. The summed E-state index contributed by atoms with van der Waals surface area (Å²) in [5, 5.41) is 0. The quantitative estimate of drug-likeness (QED) is 0.168. The Kier molecular flexibility index (Phi) is 21.6. The Bertz CT molecular complexity index is 3.25. The summed E-state index contributed by atoms with van der Waals surface area (Å²) in [5.41, 5.74) is 2.50. The Balaban J connectivity index is 0. The molecule has 4 N–H and O–H groups in total. The molecule has 0 aromatic rings. The van der Waals surface area contributed by atoms with Crippen molar-refractivity contribution in [2.75, 3.05) is 0 Å². The van der Waals surface area contributed by atoms with Crippen molar-refractivity contribution in [1.82, 2.24) is 0 Å². The summed E-state index contributed by atoms with van der Waals surface area (Å²) in [6, 6.07) is 0. The summed E-state index contributed by atoms with van der Waals surface area (Å²) < 4.78 is 0. The van der Waals surface area contributed by atoms with Crippen molar-refractivity contribution in [3.05, 3.63) is 5.53 Å². The van der Waals surface area contributed by atoms with Gasteiger partial charge in [-0.15, -0.1) is 0 Å². The minimum atomic E-state index is 0. The summed E-state index contributed by atoms with van der Waals surface area (Å²) in [5.74, 6) is 8.50. The zero-order valence-electron chi connectivity index (χ0n) is 2.60. The van der Waals surface area contributed by atoms with Crippen LogP contribution in [-0.4, -0.2) is 0 Å². The van der Waals surface area contributed by atoms with Gasteiger partial charge >= 0.3 is 18.9 Å². The number of rotatable bonds is 0. The molecule has 4 heavy (non-hydrogen) atoms. The smallest absolute Gasteiger partial charge is 0.538 e. The zero-order valence-corrected chi connectivity index (χ0v) is 2.60. The Morgan fingerprint density at radius 2 is 1.25 bits per heavy atom. The van der Waals surface area contributed by atoms with Crippen LogP contribution >= 0.6 is 0 Å². The molecular formula is H4LiN3. The molecule has 0 saturated heterocycles. The summed E-state index contributed by atoms with van der Waals surface area (Å²) in [6.45, 7) is 0. The number of nitrogens with two attached hydrogens (primary N) is 2. The van der Waals surface area contributed by atoms with Crippen molar-refractivity contribution in [1.29, 1.82) is 0 Å². The van der Waals surface area contributed by atoms with E-state index in [0.29, 0.717) is 0 Å². The van der Waals surface area contributed by atoms with E-state index in [0.717, 1.165) is 0 Å². The first-order valence-corrected chi connectivity index (χ1v) is 0.516. The molecule has 3 nitrogen and oxygen atoms in total. The van der Waals surface area contributed by atoms with Crippen LogP contribution in [0.2, 0.25) is 0 Å². The van der Waals surface area contributed by atoms with E-state index in [2.05, 4.69) is 17.2 Å². The number of hydrogen-bond donors (Lipinski definition) is 2. The van der Waals surface area contributed by atoms with Gasteiger partial charge in [0.25, 0.3) is 0 Å². The van der Waals surface area contributed by atoms with Gasteiger partial charge in [-0.1, -0.05) is 0 Å². The molecule has 4 heteroatoms. The maximum Gasteiger partial charge on any atom is 1.00 e. The van der Waals surface area contributed by atoms with Gasteiger partial charge < -0.3 is 17.2 Å². The second-order valence-electron chi connectivity index (χ2n) is 0.149. The van der Waals surface area contributed by atoms with E-state index in [-0.39, 0.29) is 18.9 Å². The second kappa shape index (κ2) is 9.78. The van der Waals surface area contributed by atoms with Gasteiger partial charge in [0.15, 0.2) is 0 Å². The van der Waals surface area contributed by atoms with Crippen molar-refractivity contribution in [2.45, 2.75) is 0 Å². The normalized spacial score (nSPS) is 4.50. The van der Waals surface area contributed by atoms with Gasteiger partial charge in [-0.25, -0.2) is 0 Å². The monoisotopic (exact) mass is 53.1 g/mol. The van der Waals surface area contributed by atoms with Crippen LogP contribution in [0.25, 0.3) is 5.53 Å². The van der Waals surface area contributed by atoms with Crippen LogP contribution in [0, 0.1) is 0 Å². The summed E-state index contributed by atoms with van der Waals surface area (Å²) in [7, 11) is 0. The second-order valence-corrected chi connectivity index (χ2v) is 0.149. The van der Waals surface area contributed by atoms with Crippen LogP contribution in [0.4, 0.5) is 0 Å². The first-order chi connectivity index (χ1) is 1.41. The average Bonchev–Trinajstić information content (AvgIpc) is 0.918. The van der Waals surface area contributed by atoms with E-state index in [9.17, 15) is 0 Å². The molecule has 0 heterocycles. The molecule has 20 valence electrons.